The van der Waals surface area contributed by atoms with Gasteiger partial charge in [0, 0.05) is 23.4 Å². The van der Waals surface area contributed by atoms with Crippen LogP contribution in [0.1, 0.15) is 13.8 Å². The van der Waals surface area contributed by atoms with E-state index in [9.17, 15) is 0 Å². The van der Waals surface area contributed by atoms with Crippen LogP contribution in [0.5, 0.6) is 11.5 Å². The number of benzene rings is 1. The number of hydrogen-bond donors (Lipinski definition) is 2. The fraction of sp³-hybridized carbons (Fsp3) is 0.538. The van der Waals surface area contributed by atoms with Gasteiger partial charge in [-0.2, -0.15) is 11.8 Å². The fourth-order valence-electron chi connectivity index (χ4n) is 1.43. The number of nitrogen functional groups attached to an aromatic ring is 1. The number of thioether (sulfide) groups is 1. The highest BCUT2D eigenvalue weighted by Gasteiger charge is 2.17. The van der Waals surface area contributed by atoms with Crippen molar-refractivity contribution in [1.29, 1.82) is 0 Å². The van der Waals surface area contributed by atoms with Crippen LogP contribution in [0.15, 0.2) is 12.1 Å². The summed E-state index contributed by atoms with van der Waals surface area (Å²) in [4.78, 5) is 0. The van der Waals surface area contributed by atoms with Gasteiger partial charge in [0.25, 0.3) is 0 Å². The molecule has 0 aliphatic rings. The van der Waals surface area contributed by atoms with E-state index >= 15 is 0 Å². The molecule has 0 bridgehead atoms. The molecule has 0 saturated carbocycles. The Morgan fingerprint density at radius 1 is 1.22 bits per heavy atom. The van der Waals surface area contributed by atoms with Crippen LogP contribution in [0.25, 0.3) is 0 Å². The first-order chi connectivity index (χ1) is 8.43. The highest BCUT2D eigenvalue weighted by atomic mass is 32.2. The fourth-order valence-corrected chi connectivity index (χ4v) is 1.64. The zero-order valence-corrected chi connectivity index (χ0v) is 12.5. The number of rotatable bonds is 6. The molecule has 0 radical (unpaired) electrons. The average Bonchev–Trinajstić information content (AvgIpc) is 2.36. The summed E-state index contributed by atoms with van der Waals surface area (Å²) >= 11 is 1.81. The third-order valence-electron chi connectivity index (χ3n) is 2.81. The van der Waals surface area contributed by atoms with Crippen molar-refractivity contribution in [2.75, 3.05) is 38.1 Å². The smallest absolute Gasteiger partial charge is 0.162 e. The molecule has 4 nitrogen and oxygen atoms in total. The second-order valence-corrected chi connectivity index (χ2v) is 6.13. The third-order valence-corrected chi connectivity index (χ3v) is 4.06. The lowest BCUT2D eigenvalue weighted by Crippen LogP contribution is -2.26. The second-order valence-electron chi connectivity index (χ2n) is 4.61. The van der Waals surface area contributed by atoms with Gasteiger partial charge in [0.1, 0.15) is 0 Å². The van der Waals surface area contributed by atoms with Gasteiger partial charge in [-0.3, -0.25) is 0 Å². The van der Waals surface area contributed by atoms with Crippen molar-refractivity contribution in [3.8, 4) is 11.5 Å². The first-order valence-corrected chi connectivity index (χ1v) is 6.96. The van der Waals surface area contributed by atoms with E-state index in [-0.39, 0.29) is 4.75 Å². The Kier molecular flexibility index (Phi) is 5.02. The molecule has 3 N–H and O–H groups in total. The van der Waals surface area contributed by atoms with Crippen LogP contribution in [0.3, 0.4) is 0 Å². The van der Waals surface area contributed by atoms with E-state index in [4.69, 9.17) is 15.2 Å². The van der Waals surface area contributed by atoms with Gasteiger partial charge in [0.05, 0.1) is 25.6 Å². The highest BCUT2D eigenvalue weighted by Crippen LogP contribution is 2.35. The van der Waals surface area contributed by atoms with Crippen molar-refractivity contribution in [1.82, 2.24) is 0 Å². The SMILES string of the molecule is COc1cc(N)c(NCC(C)(C)SC)cc1OC. The maximum Gasteiger partial charge on any atom is 0.162 e. The molecule has 102 valence electrons. The molecule has 0 atom stereocenters. The molecule has 0 amide bonds. The minimum atomic E-state index is 0.152. The van der Waals surface area contributed by atoms with Gasteiger partial charge in [0.15, 0.2) is 11.5 Å². The molecule has 1 rings (SSSR count). The lowest BCUT2D eigenvalue weighted by atomic mass is 10.2. The van der Waals surface area contributed by atoms with Gasteiger partial charge in [-0.25, -0.2) is 0 Å². The average molecular weight is 270 g/mol. The van der Waals surface area contributed by atoms with Crippen LogP contribution in [-0.2, 0) is 0 Å². The van der Waals surface area contributed by atoms with E-state index in [1.807, 2.05) is 17.8 Å². The Morgan fingerprint density at radius 3 is 2.28 bits per heavy atom. The lowest BCUT2D eigenvalue weighted by molar-refractivity contribution is 0.355. The summed E-state index contributed by atoms with van der Waals surface area (Å²) in [6.07, 6.45) is 2.10. The maximum atomic E-state index is 5.99. The molecule has 0 unspecified atom stereocenters. The van der Waals surface area contributed by atoms with Gasteiger partial charge in [-0.15, -0.1) is 0 Å². The van der Waals surface area contributed by atoms with Crippen molar-refractivity contribution in [3.63, 3.8) is 0 Å². The van der Waals surface area contributed by atoms with Crippen molar-refractivity contribution in [2.45, 2.75) is 18.6 Å². The van der Waals surface area contributed by atoms with E-state index < -0.39 is 0 Å². The molecule has 0 heterocycles. The molecule has 0 aliphatic heterocycles. The quantitative estimate of drug-likeness (QED) is 0.778. The van der Waals surface area contributed by atoms with Gasteiger partial charge >= 0.3 is 0 Å². The normalized spacial score (nSPS) is 11.2. The molecule has 5 heteroatoms. The summed E-state index contributed by atoms with van der Waals surface area (Å²) in [5.41, 5.74) is 7.51. The molecule has 1 aromatic rings. The molecule has 18 heavy (non-hydrogen) atoms. The molecule has 0 spiro atoms. The number of nitrogens with one attached hydrogen (secondary N) is 1. The Morgan fingerprint density at radius 2 is 1.78 bits per heavy atom. The van der Waals surface area contributed by atoms with E-state index in [1.54, 1.807) is 20.3 Å². The number of hydrogen-bond acceptors (Lipinski definition) is 5. The second kappa shape index (κ2) is 6.09. The van der Waals surface area contributed by atoms with Crippen molar-refractivity contribution < 1.29 is 9.47 Å². The standard InChI is InChI=1S/C13H22N2O2S/c1-13(2,18-5)8-15-10-7-12(17-4)11(16-3)6-9(10)14/h6-7,15H,8,14H2,1-5H3. The Bertz CT molecular complexity index is 408. The Balaban J connectivity index is 2.89. The van der Waals surface area contributed by atoms with Gasteiger partial charge in [-0.1, -0.05) is 0 Å². The summed E-state index contributed by atoms with van der Waals surface area (Å²) < 4.78 is 10.6. The Hall–Kier alpha value is -1.23. The molecule has 1 aromatic carbocycles. The number of anilines is 2. The molecule has 0 aliphatic carbocycles. The summed E-state index contributed by atoms with van der Waals surface area (Å²) in [6.45, 7) is 5.19. The highest BCUT2D eigenvalue weighted by molar-refractivity contribution is 7.99. The monoisotopic (exact) mass is 270 g/mol. The topological polar surface area (TPSA) is 56.5 Å². The number of methoxy groups -OCH3 is 2. The van der Waals surface area contributed by atoms with Crippen LogP contribution < -0.4 is 20.5 Å². The first-order valence-electron chi connectivity index (χ1n) is 5.74. The summed E-state index contributed by atoms with van der Waals surface area (Å²) in [6, 6.07) is 3.64. The minimum Gasteiger partial charge on any atom is -0.493 e. The summed E-state index contributed by atoms with van der Waals surface area (Å²) in [7, 11) is 3.21. The number of ether oxygens (including phenoxy) is 2. The molecule has 0 saturated heterocycles. The van der Waals surface area contributed by atoms with E-state index in [0.717, 1.165) is 12.2 Å². The summed E-state index contributed by atoms with van der Waals surface area (Å²) in [5.74, 6) is 1.32. The van der Waals surface area contributed by atoms with E-state index in [2.05, 4.69) is 25.4 Å². The Labute approximate surface area is 113 Å². The first kappa shape index (κ1) is 14.8. The largest absolute Gasteiger partial charge is 0.493 e. The van der Waals surface area contributed by atoms with Crippen LogP contribution in [-0.4, -0.2) is 31.8 Å². The molecular weight excluding hydrogens is 248 g/mol. The van der Waals surface area contributed by atoms with Crippen molar-refractivity contribution in [2.24, 2.45) is 0 Å². The van der Waals surface area contributed by atoms with Crippen LogP contribution in [0, 0.1) is 0 Å². The zero-order chi connectivity index (χ0) is 13.8. The summed E-state index contributed by atoms with van der Waals surface area (Å²) in [5, 5.41) is 3.35. The molecule has 0 fully saturated rings. The predicted molar refractivity (Wildman–Crippen MR) is 80.0 cm³/mol. The van der Waals surface area contributed by atoms with E-state index in [0.29, 0.717) is 17.2 Å². The molecular formula is C13H22N2O2S. The van der Waals surface area contributed by atoms with Gasteiger partial charge in [0.2, 0.25) is 0 Å². The number of nitrogens with two attached hydrogens (primary N) is 1. The van der Waals surface area contributed by atoms with Crippen LogP contribution >= 0.6 is 11.8 Å². The molecule has 0 aromatic heterocycles. The van der Waals surface area contributed by atoms with Crippen LogP contribution in [0.2, 0.25) is 0 Å². The minimum absolute atomic E-state index is 0.152. The predicted octanol–water partition coefficient (Wildman–Crippen LogP) is 2.84. The van der Waals surface area contributed by atoms with Gasteiger partial charge < -0.3 is 20.5 Å². The van der Waals surface area contributed by atoms with Crippen LogP contribution in [0.4, 0.5) is 11.4 Å². The zero-order valence-electron chi connectivity index (χ0n) is 11.7. The van der Waals surface area contributed by atoms with Gasteiger partial charge in [-0.05, 0) is 20.1 Å². The van der Waals surface area contributed by atoms with Crippen molar-refractivity contribution >= 4 is 23.1 Å². The third kappa shape index (κ3) is 3.63. The van der Waals surface area contributed by atoms with Crippen molar-refractivity contribution in [3.05, 3.63) is 12.1 Å². The lowest BCUT2D eigenvalue weighted by Gasteiger charge is -2.24. The van der Waals surface area contributed by atoms with E-state index in [1.165, 1.54) is 0 Å². The maximum absolute atomic E-state index is 5.99.